The summed E-state index contributed by atoms with van der Waals surface area (Å²) in [6, 6.07) is 17.6. The Morgan fingerprint density at radius 1 is 1.17 bits per heavy atom. The third-order valence-electron chi connectivity index (χ3n) is 4.46. The molecule has 0 aliphatic heterocycles. The molecule has 1 unspecified atom stereocenters. The number of nitrogens with one attached hydrogen (secondary N) is 1. The zero-order valence-electron chi connectivity index (χ0n) is 16.6. The number of nitrogens with zero attached hydrogens (tertiary/aromatic N) is 1. The summed E-state index contributed by atoms with van der Waals surface area (Å²) in [6.45, 7) is 5.54. The number of benzene rings is 2. The summed E-state index contributed by atoms with van der Waals surface area (Å²) in [6.07, 6.45) is 1.59. The molecule has 0 amide bonds. The summed E-state index contributed by atoms with van der Waals surface area (Å²) in [5.41, 5.74) is 7.69. The Labute approximate surface area is 171 Å². The summed E-state index contributed by atoms with van der Waals surface area (Å²) in [7, 11) is 1.65. The van der Waals surface area contributed by atoms with Gasteiger partial charge in [-0.05, 0) is 29.8 Å². The van der Waals surface area contributed by atoms with E-state index in [0.717, 1.165) is 28.0 Å². The van der Waals surface area contributed by atoms with Crippen LogP contribution in [0, 0.1) is 0 Å². The highest BCUT2D eigenvalue weighted by Crippen LogP contribution is 2.28. The van der Waals surface area contributed by atoms with Crippen molar-refractivity contribution >= 4 is 16.7 Å². The van der Waals surface area contributed by atoms with Gasteiger partial charge in [-0.25, -0.2) is 4.98 Å². The number of fused-ring (bicyclic) bond motifs is 1. The van der Waals surface area contributed by atoms with Crippen LogP contribution in [0.5, 0.6) is 11.5 Å². The first-order valence-corrected chi connectivity index (χ1v) is 9.55. The molecule has 0 aliphatic rings. The zero-order valence-corrected chi connectivity index (χ0v) is 16.6. The molecule has 1 aromatic heterocycles. The lowest BCUT2D eigenvalue weighted by Crippen LogP contribution is -2.31. The molecule has 0 aliphatic carbocycles. The molecule has 29 heavy (non-hydrogen) atoms. The summed E-state index contributed by atoms with van der Waals surface area (Å²) >= 11 is 0. The van der Waals surface area contributed by atoms with Crippen LogP contribution in [0.15, 0.2) is 67.3 Å². The van der Waals surface area contributed by atoms with E-state index in [1.54, 1.807) is 13.2 Å². The lowest BCUT2D eigenvalue weighted by Gasteiger charge is -2.17. The first-order valence-electron chi connectivity index (χ1n) is 9.55. The molecule has 6 nitrogen and oxygen atoms in total. The first kappa shape index (κ1) is 20.6. The zero-order chi connectivity index (χ0) is 20.5. The fraction of sp³-hybridized carbons (Fsp3) is 0.261. The smallest absolute Gasteiger partial charge is 0.132 e. The highest BCUT2D eigenvalue weighted by Gasteiger charge is 2.10. The molecule has 0 bridgehead atoms. The van der Waals surface area contributed by atoms with Crippen LogP contribution < -0.4 is 20.5 Å². The van der Waals surface area contributed by atoms with Gasteiger partial charge < -0.3 is 25.3 Å². The SMILES string of the molecule is C=CCOC(CN)CNc1cc(OCc2ccc(OC)cc2)c2ccccc2n1. The van der Waals surface area contributed by atoms with E-state index >= 15 is 0 Å². The lowest BCUT2D eigenvalue weighted by atomic mass is 10.2. The van der Waals surface area contributed by atoms with Crippen LogP contribution in [0.3, 0.4) is 0 Å². The van der Waals surface area contributed by atoms with Crippen LogP contribution in [0.1, 0.15) is 5.56 Å². The number of aromatic nitrogens is 1. The van der Waals surface area contributed by atoms with Gasteiger partial charge in [0.15, 0.2) is 0 Å². The molecular weight excluding hydrogens is 366 g/mol. The molecule has 0 fully saturated rings. The molecule has 0 saturated carbocycles. The molecule has 3 N–H and O–H groups in total. The van der Waals surface area contributed by atoms with Crippen LogP contribution in [-0.4, -0.2) is 37.9 Å². The molecule has 1 atom stereocenters. The lowest BCUT2D eigenvalue weighted by molar-refractivity contribution is 0.0902. The van der Waals surface area contributed by atoms with Crippen LogP contribution in [0.2, 0.25) is 0 Å². The van der Waals surface area contributed by atoms with Crippen LogP contribution >= 0.6 is 0 Å². The van der Waals surface area contributed by atoms with E-state index < -0.39 is 0 Å². The van der Waals surface area contributed by atoms with Gasteiger partial charge in [-0.15, -0.1) is 6.58 Å². The fourth-order valence-electron chi connectivity index (χ4n) is 2.87. The molecule has 0 spiro atoms. The second-order valence-corrected chi connectivity index (χ2v) is 6.52. The molecular formula is C23H27N3O3. The average Bonchev–Trinajstić information content (AvgIpc) is 2.78. The largest absolute Gasteiger partial charge is 0.497 e. The van der Waals surface area contributed by atoms with Crippen molar-refractivity contribution in [1.82, 2.24) is 4.98 Å². The van der Waals surface area contributed by atoms with E-state index in [4.69, 9.17) is 19.9 Å². The Kier molecular flexibility index (Phi) is 7.44. The Morgan fingerprint density at radius 3 is 2.69 bits per heavy atom. The number of pyridine rings is 1. The molecule has 2 aromatic carbocycles. The van der Waals surface area contributed by atoms with Gasteiger partial charge in [0.2, 0.25) is 0 Å². The third kappa shape index (κ3) is 5.70. The van der Waals surface area contributed by atoms with Crippen molar-refractivity contribution in [2.75, 3.05) is 32.1 Å². The summed E-state index contributed by atoms with van der Waals surface area (Å²) in [5, 5.41) is 4.27. The number of ether oxygens (including phenoxy) is 3. The molecule has 6 heteroatoms. The van der Waals surface area contributed by atoms with Gasteiger partial charge in [0.05, 0.1) is 25.3 Å². The molecule has 3 rings (SSSR count). The van der Waals surface area contributed by atoms with Crippen molar-refractivity contribution in [2.45, 2.75) is 12.7 Å². The normalized spacial score (nSPS) is 11.8. The average molecular weight is 393 g/mol. The first-order chi connectivity index (χ1) is 14.2. The van der Waals surface area contributed by atoms with Crippen LogP contribution in [-0.2, 0) is 11.3 Å². The summed E-state index contributed by atoms with van der Waals surface area (Å²) < 4.78 is 17.0. The minimum atomic E-state index is -0.120. The van der Waals surface area contributed by atoms with Gasteiger partial charge in [0.25, 0.3) is 0 Å². The van der Waals surface area contributed by atoms with Gasteiger partial charge in [-0.1, -0.05) is 30.3 Å². The van der Waals surface area contributed by atoms with Gasteiger partial charge >= 0.3 is 0 Å². The van der Waals surface area contributed by atoms with E-state index in [0.29, 0.717) is 32.1 Å². The second kappa shape index (κ2) is 10.5. The van der Waals surface area contributed by atoms with Crippen molar-refractivity contribution in [3.05, 3.63) is 72.8 Å². The topological polar surface area (TPSA) is 78.6 Å². The monoisotopic (exact) mass is 393 g/mol. The van der Waals surface area contributed by atoms with E-state index in [1.165, 1.54) is 0 Å². The Balaban J connectivity index is 1.75. The van der Waals surface area contributed by atoms with Gasteiger partial charge in [0, 0.05) is 24.5 Å². The van der Waals surface area contributed by atoms with Crippen LogP contribution in [0.25, 0.3) is 10.9 Å². The quantitative estimate of drug-likeness (QED) is 0.483. The van der Waals surface area contributed by atoms with Gasteiger partial charge in [-0.3, -0.25) is 0 Å². The number of hydrogen-bond donors (Lipinski definition) is 2. The van der Waals surface area contributed by atoms with Gasteiger partial charge in [0.1, 0.15) is 23.9 Å². The van der Waals surface area contributed by atoms with Crippen molar-refractivity contribution in [3.8, 4) is 11.5 Å². The fourth-order valence-corrected chi connectivity index (χ4v) is 2.87. The Bertz CT molecular complexity index is 928. The number of para-hydroxylation sites is 1. The van der Waals surface area contributed by atoms with Crippen LogP contribution in [0.4, 0.5) is 5.82 Å². The maximum Gasteiger partial charge on any atom is 0.132 e. The Morgan fingerprint density at radius 2 is 1.97 bits per heavy atom. The summed E-state index contributed by atoms with van der Waals surface area (Å²) in [5.74, 6) is 2.31. The minimum Gasteiger partial charge on any atom is -0.497 e. The van der Waals surface area contributed by atoms with Gasteiger partial charge in [-0.2, -0.15) is 0 Å². The van der Waals surface area contributed by atoms with E-state index in [-0.39, 0.29) is 6.10 Å². The van der Waals surface area contributed by atoms with E-state index in [2.05, 4.69) is 16.9 Å². The highest BCUT2D eigenvalue weighted by atomic mass is 16.5. The predicted octanol–water partition coefficient (Wildman–Crippen LogP) is 3.76. The number of hydrogen-bond acceptors (Lipinski definition) is 6. The maximum absolute atomic E-state index is 6.13. The number of methoxy groups -OCH3 is 1. The highest BCUT2D eigenvalue weighted by molar-refractivity contribution is 5.86. The second-order valence-electron chi connectivity index (χ2n) is 6.52. The van der Waals surface area contributed by atoms with Crippen molar-refractivity contribution in [2.24, 2.45) is 5.73 Å². The Hall–Kier alpha value is -3.09. The van der Waals surface area contributed by atoms with Crippen molar-refractivity contribution < 1.29 is 14.2 Å². The number of nitrogens with two attached hydrogens (primary N) is 1. The minimum absolute atomic E-state index is 0.120. The third-order valence-corrected chi connectivity index (χ3v) is 4.46. The summed E-state index contributed by atoms with van der Waals surface area (Å²) in [4.78, 5) is 4.68. The van der Waals surface area contributed by atoms with E-state index in [9.17, 15) is 0 Å². The maximum atomic E-state index is 6.13. The van der Waals surface area contributed by atoms with Crippen molar-refractivity contribution in [1.29, 1.82) is 0 Å². The number of anilines is 1. The molecule has 152 valence electrons. The standard InChI is InChI=1S/C23H27N3O3/c1-3-12-28-19(14-24)15-25-23-13-22(20-6-4-5-7-21(20)26-23)29-16-17-8-10-18(27-2)11-9-17/h3-11,13,19H,1,12,14-16,24H2,2H3,(H,25,26). The molecule has 0 radical (unpaired) electrons. The molecule has 3 aromatic rings. The van der Waals surface area contributed by atoms with E-state index in [1.807, 2.05) is 54.6 Å². The van der Waals surface area contributed by atoms with Crippen molar-refractivity contribution in [3.63, 3.8) is 0 Å². The molecule has 0 saturated heterocycles. The predicted molar refractivity (Wildman–Crippen MR) is 117 cm³/mol. The number of rotatable bonds is 11. The molecule has 1 heterocycles.